The molecule has 380 valence electrons. The monoisotopic (exact) mass is 1090 g/mol. The number of aliphatic hydroxyl groups excluding tert-OH is 1. The number of aromatic hydroxyl groups is 2. The van der Waals surface area contributed by atoms with Gasteiger partial charge in [-0.1, -0.05) is 48.6 Å². The zero-order valence-electron chi connectivity index (χ0n) is 36.0. The van der Waals surface area contributed by atoms with E-state index in [0.717, 1.165) is 15.8 Å². The number of aliphatic hydroxyl groups is 1. The van der Waals surface area contributed by atoms with Gasteiger partial charge in [0.2, 0.25) is 11.0 Å². The molecule has 7 rings (SSSR count). The lowest BCUT2D eigenvalue weighted by Gasteiger charge is -2.11. The molecule has 0 aliphatic rings. The summed E-state index contributed by atoms with van der Waals surface area (Å²) in [6, 6.07) is 20.6. The Balaban J connectivity index is 0.00000104. The Labute approximate surface area is 414 Å². The van der Waals surface area contributed by atoms with Crippen LogP contribution >= 0.6 is 11.3 Å². The van der Waals surface area contributed by atoms with Gasteiger partial charge in [-0.2, -0.15) is 36.2 Å². The lowest BCUT2D eigenvalue weighted by molar-refractivity contribution is -0.191. The zero-order valence-corrected chi connectivity index (χ0v) is 40.1. The molecule has 2 aromatic heterocycles. The number of benzene rings is 5. The molecule has 27 nitrogen and oxygen atoms in total. The normalized spacial score (nSPS) is 11.2. The van der Waals surface area contributed by atoms with Gasteiger partial charge in [-0.15, -0.1) is 55.9 Å². The van der Waals surface area contributed by atoms with Crippen LogP contribution in [0.25, 0.3) is 26.7 Å². The molecule has 0 saturated carbocycles. The van der Waals surface area contributed by atoms with Crippen molar-refractivity contribution in [2.45, 2.75) is 39.2 Å². The number of carbonyl (C=O) groups excluding carboxylic acids is 2. The Morgan fingerprint density at radius 2 is 1.29 bits per heavy atom. The van der Waals surface area contributed by atoms with Crippen LogP contribution in [0.5, 0.6) is 17.4 Å². The van der Waals surface area contributed by atoms with E-state index in [1.165, 1.54) is 52.5 Å². The van der Waals surface area contributed by atoms with Gasteiger partial charge in [0.25, 0.3) is 20.2 Å². The van der Waals surface area contributed by atoms with E-state index >= 15 is 0 Å². The zero-order chi connectivity index (χ0) is 52.6. The van der Waals surface area contributed by atoms with Gasteiger partial charge in [-0.25, -0.2) is 4.98 Å². The van der Waals surface area contributed by atoms with E-state index in [1.807, 2.05) is 19.1 Å². The molecule has 0 atom stereocenters. The Kier molecular flexibility index (Phi) is 21.3. The van der Waals surface area contributed by atoms with E-state index < -0.39 is 57.9 Å². The second kappa shape index (κ2) is 26.3. The number of aromatic nitrogens is 3. The highest BCUT2D eigenvalue weighted by molar-refractivity contribution is 7.86. The van der Waals surface area contributed by atoms with Crippen LogP contribution in [0.3, 0.4) is 0 Å². The lowest BCUT2D eigenvalue weighted by atomic mass is 10.1. The first-order chi connectivity index (χ1) is 33.5. The van der Waals surface area contributed by atoms with E-state index in [9.17, 15) is 41.3 Å². The average molecular weight is 1090 g/mol. The summed E-state index contributed by atoms with van der Waals surface area (Å²) in [5.41, 5.74) is 3.50. The highest BCUT2D eigenvalue weighted by Crippen LogP contribution is 2.43. The molecular formula is C40H37N9O18S5. The summed E-state index contributed by atoms with van der Waals surface area (Å²) >= 11 is 1.27. The van der Waals surface area contributed by atoms with Gasteiger partial charge >= 0.3 is 27.4 Å². The number of aryl methyl sites for hydroxylation is 2. The van der Waals surface area contributed by atoms with Crippen molar-refractivity contribution in [1.29, 1.82) is 0 Å². The number of fused-ring (bicyclic) bond motifs is 2. The van der Waals surface area contributed by atoms with Crippen molar-refractivity contribution in [3.63, 3.8) is 0 Å². The maximum Gasteiger partial charge on any atom is 0.425 e. The fraction of sp³-hybridized carbons (Fsp3) is 0.175. The predicted molar refractivity (Wildman–Crippen MR) is 252 cm³/mol. The number of phenols is 1. The second-order valence-electron chi connectivity index (χ2n) is 13.7. The molecule has 0 saturated heterocycles. The third kappa shape index (κ3) is 16.9. The van der Waals surface area contributed by atoms with Crippen LogP contribution in [0.2, 0.25) is 0 Å². The van der Waals surface area contributed by atoms with Crippen molar-refractivity contribution in [3.05, 3.63) is 102 Å². The van der Waals surface area contributed by atoms with Crippen molar-refractivity contribution in [1.82, 2.24) is 14.8 Å². The fourth-order valence-electron chi connectivity index (χ4n) is 5.85. The molecule has 72 heavy (non-hydrogen) atoms. The number of azo groups is 3. The summed E-state index contributed by atoms with van der Waals surface area (Å²) in [7, 11) is -15.4. The molecular weight excluding hydrogens is 1050 g/mol. The van der Waals surface area contributed by atoms with Crippen LogP contribution in [0.15, 0.2) is 121 Å². The molecule has 5 N–H and O–H groups in total. The third-order valence-corrected chi connectivity index (χ3v) is 11.5. The Morgan fingerprint density at radius 3 is 1.90 bits per heavy atom. The topological polar surface area (TPSA) is 420 Å². The van der Waals surface area contributed by atoms with Crippen LogP contribution in [0, 0.1) is 13.8 Å². The number of hydrogen-bond donors (Lipinski definition) is 5. The van der Waals surface area contributed by atoms with Crippen molar-refractivity contribution in [2.75, 3.05) is 12.4 Å². The van der Waals surface area contributed by atoms with E-state index in [4.69, 9.17) is 39.6 Å². The highest BCUT2D eigenvalue weighted by Gasteiger charge is 2.23. The average Bonchev–Trinajstić information content (AvgIpc) is 3.87. The number of phenolic OH excluding ortho intramolecular Hbond substituents is 1. The van der Waals surface area contributed by atoms with Gasteiger partial charge in [0.05, 0.1) is 46.8 Å². The molecule has 5 aromatic carbocycles. The lowest BCUT2D eigenvalue weighted by Crippen LogP contribution is -2.08. The summed E-state index contributed by atoms with van der Waals surface area (Å²) in [5.74, 6) is -1.32. The summed E-state index contributed by atoms with van der Waals surface area (Å²) in [4.78, 5) is 20.0. The van der Waals surface area contributed by atoms with E-state index in [0.29, 0.717) is 27.6 Å². The minimum absolute atomic E-state index is 0. The molecule has 0 amide bonds. The van der Waals surface area contributed by atoms with Crippen LogP contribution in [-0.2, 0) is 57.6 Å². The summed E-state index contributed by atoms with van der Waals surface area (Å²) in [5, 5.41) is 60.8. The van der Waals surface area contributed by atoms with Gasteiger partial charge < -0.3 is 20.1 Å². The minimum atomic E-state index is -4.97. The largest absolute Gasteiger partial charge is 0.505 e. The SMILES string of the molecule is C.Cc1ccc(-n2ncc(N=Nc3ccc4c(O)c(N=Nc5cc(C)c(N=Nc6nc7ccc(CO)cc7s6)cc5OCCCS(=O)(=O)O)ccc4c3S(=O)(=O)O)c2O)cc1.O=C=O.O=S(=O)=O.O=S(=O)=O. The standard InChI is InChI=1S/C38H33N9O10S3.CO2.CH4.2O3S/c1-21-4-7-24(8-5-21)47-37(50)32(19-39-47)45-42-29-13-9-25-26(36(29)60(54,55)56)10-12-28(35(25)49)41-44-31-16-22(2)30(18-33(31)57-14-3-15-59(51,52)53)43-46-38-40-27-11-6-23(20-48)17-34(27)58-38;2-1-3;;2*1-4(2)3/h4-13,16-19,48-50H,3,14-15,20H2,1-2H3,(H,51,52,53)(H,54,55,56);;1H4;;. The van der Waals surface area contributed by atoms with Crippen molar-refractivity contribution >= 4 is 113 Å². The van der Waals surface area contributed by atoms with Crippen LogP contribution < -0.4 is 4.74 Å². The van der Waals surface area contributed by atoms with Gasteiger partial charge in [0.15, 0.2) is 11.4 Å². The Hall–Kier alpha value is -7.94. The fourth-order valence-corrected chi connectivity index (χ4v) is 8.01. The van der Waals surface area contributed by atoms with Gasteiger partial charge in [-0.3, -0.25) is 9.11 Å². The molecule has 7 aromatic rings. The number of nitrogens with zero attached hydrogens (tertiary/aromatic N) is 9. The molecule has 0 spiro atoms. The molecule has 0 aliphatic carbocycles. The first-order valence-corrected chi connectivity index (χ1v) is 24.9. The van der Waals surface area contributed by atoms with Crippen LogP contribution in [0.1, 0.15) is 30.5 Å². The molecule has 0 radical (unpaired) electrons. The second-order valence-corrected chi connectivity index (χ2v) is 18.4. The number of ether oxygens (including phenoxy) is 1. The molecule has 0 aliphatic heterocycles. The summed E-state index contributed by atoms with van der Waals surface area (Å²) in [6.45, 7) is 3.35. The Morgan fingerprint density at radius 1 is 0.722 bits per heavy atom. The molecule has 0 fully saturated rings. The number of rotatable bonds is 14. The summed E-state index contributed by atoms with van der Waals surface area (Å²) in [6.07, 6.45) is 1.41. The Bertz CT molecular complexity index is 3650. The van der Waals surface area contributed by atoms with Crippen molar-refractivity contribution in [3.8, 4) is 23.1 Å². The van der Waals surface area contributed by atoms with E-state index in [-0.39, 0.29) is 78.4 Å². The van der Waals surface area contributed by atoms with Crippen molar-refractivity contribution in [2.24, 2.45) is 30.7 Å². The quantitative estimate of drug-likeness (QED) is 0.0403. The van der Waals surface area contributed by atoms with Crippen LogP contribution in [0.4, 0.5) is 33.6 Å². The first kappa shape index (κ1) is 58.4. The molecule has 2 heterocycles. The maximum atomic E-state index is 12.7. The van der Waals surface area contributed by atoms with E-state index in [1.54, 1.807) is 43.3 Å². The van der Waals surface area contributed by atoms with Gasteiger partial charge in [0.1, 0.15) is 27.7 Å². The summed E-state index contributed by atoms with van der Waals surface area (Å²) < 4.78 is 126. The third-order valence-electron chi connectivity index (χ3n) is 8.82. The number of hydrogen-bond acceptors (Lipinski definition) is 25. The molecule has 32 heteroatoms. The van der Waals surface area contributed by atoms with Crippen molar-refractivity contribution < 1.29 is 80.8 Å². The van der Waals surface area contributed by atoms with Gasteiger partial charge in [0, 0.05) is 16.8 Å². The molecule has 0 unspecified atom stereocenters. The van der Waals surface area contributed by atoms with E-state index in [2.05, 4.69) is 40.8 Å². The maximum absolute atomic E-state index is 12.7. The number of thiazole rings is 1. The van der Waals surface area contributed by atoms with Gasteiger partial charge in [-0.05, 0) is 79.9 Å². The minimum Gasteiger partial charge on any atom is -0.505 e. The first-order valence-electron chi connectivity index (χ1n) is 19.1. The smallest absolute Gasteiger partial charge is 0.425 e. The highest BCUT2D eigenvalue weighted by atomic mass is 32.2. The predicted octanol–water partition coefficient (Wildman–Crippen LogP) is 7.35. The van der Waals surface area contributed by atoms with Crippen LogP contribution in [-0.4, -0.2) is 99.8 Å². The molecule has 0 bridgehead atoms.